The number of sulfone groups is 1. The fraction of sp³-hybridized carbons (Fsp3) is 0.538. The van der Waals surface area contributed by atoms with Crippen molar-refractivity contribution in [3.8, 4) is 0 Å². The van der Waals surface area contributed by atoms with Gasteiger partial charge in [-0.15, -0.1) is 0 Å². The predicted octanol–water partition coefficient (Wildman–Crippen LogP) is 2.01. The number of amides is 2. The number of ether oxygens (including phenoxy) is 1. The standard InChI is InChI=1S/C26H36FN7O5S/c1-17-28-22-15-32(16-23(35)33-10-12-34(13-11-33)31-25(36)39-26(2,3)4)9-8-19(22)24(29-17)30-21-7-6-18(14-20(21)27)40(5,37)38/h6-7,14H,8-13,15-16H2,1-5H3,(H,31,36)(H,28,29,30). The lowest BCUT2D eigenvalue weighted by Gasteiger charge is -2.36. The molecule has 0 bridgehead atoms. The molecule has 1 aromatic heterocycles. The van der Waals surface area contributed by atoms with Crippen LogP contribution < -0.4 is 10.7 Å². The van der Waals surface area contributed by atoms with Crippen molar-refractivity contribution in [2.75, 3.05) is 50.8 Å². The van der Waals surface area contributed by atoms with E-state index in [-0.39, 0.29) is 23.0 Å². The van der Waals surface area contributed by atoms with Crippen molar-refractivity contribution in [1.29, 1.82) is 0 Å². The van der Waals surface area contributed by atoms with Gasteiger partial charge >= 0.3 is 6.09 Å². The van der Waals surface area contributed by atoms with Crippen LogP contribution in [0.3, 0.4) is 0 Å². The van der Waals surface area contributed by atoms with E-state index in [9.17, 15) is 22.4 Å². The summed E-state index contributed by atoms with van der Waals surface area (Å²) in [5.74, 6) is 0.263. The van der Waals surface area contributed by atoms with Gasteiger partial charge in [-0.3, -0.25) is 15.1 Å². The zero-order valence-electron chi connectivity index (χ0n) is 23.5. The Kier molecular flexibility index (Phi) is 8.61. The maximum absolute atomic E-state index is 14.7. The first-order chi connectivity index (χ1) is 18.7. The van der Waals surface area contributed by atoms with Crippen molar-refractivity contribution in [2.45, 2.75) is 51.2 Å². The summed E-state index contributed by atoms with van der Waals surface area (Å²) in [6, 6.07) is 3.72. The number of hydrogen-bond donors (Lipinski definition) is 2. The molecule has 0 spiro atoms. The quantitative estimate of drug-likeness (QED) is 0.525. The number of halogens is 1. The molecule has 0 saturated carbocycles. The van der Waals surface area contributed by atoms with Crippen LogP contribution >= 0.6 is 0 Å². The molecule has 218 valence electrons. The largest absolute Gasteiger partial charge is 0.443 e. The Hall–Kier alpha value is -3.36. The van der Waals surface area contributed by atoms with Gasteiger partial charge in [-0.05, 0) is 52.3 Å². The fourth-order valence-corrected chi connectivity index (χ4v) is 5.22. The molecule has 12 nitrogen and oxygen atoms in total. The first-order valence-corrected chi connectivity index (χ1v) is 14.9. The van der Waals surface area contributed by atoms with Gasteiger partial charge in [-0.1, -0.05) is 0 Å². The molecular formula is C26H36FN7O5S. The lowest BCUT2D eigenvalue weighted by molar-refractivity contribution is -0.134. The summed E-state index contributed by atoms with van der Waals surface area (Å²) in [5.41, 5.74) is 3.85. The van der Waals surface area contributed by atoms with E-state index in [1.807, 2.05) is 4.90 Å². The average molecular weight is 578 g/mol. The lowest BCUT2D eigenvalue weighted by atomic mass is 10.0. The Morgan fingerprint density at radius 3 is 2.42 bits per heavy atom. The van der Waals surface area contributed by atoms with Crippen LogP contribution in [0.25, 0.3) is 0 Å². The third-order valence-corrected chi connectivity index (χ3v) is 7.63. The van der Waals surface area contributed by atoms with Gasteiger partial charge in [0.1, 0.15) is 23.1 Å². The van der Waals surface area contributed by atoms with E-state index in [0.29, 0.717) is 57.3 Å². The third-order valence-electron chi connectivity index (χ3n) is 6.52. The highest BCUT2D eigenvalue weighted by molar-refractivity contribution is 7.90. The molecule has 0 radical (unpaired) electrons. The number of nitrogens with one attached hydrogen (secondary N) is 2. The highest BCUT2D eigenvalue weighted by Gasteiger charge is 2.28. The SMILES string of the molecule is Cc1nc2c(c(Nc3ccc(S(C)(=O)=O)cc3F)n1)CCN(CC(=O)N1CCN(NC(=O)OC(C)(C)C)CC1)C2. The molecule has 2 aliphatic rings. The summed E-state index contributed by atoms with van der Waals surface area (Å²) in [4.78, 5) is 37.8. The molecule has 1 fully saturated rings. The van der Waals surface area contributed by atoms with Crippen LogP contribution in [0.4, 0.5) is 20.7 Å². The molecule has 4 rings (SSSR count). The van der Waals surface area contributed by atoms with Crippen LogP contribution in [0.2, 0.25) is 0 Å². The molecular weight excluding hydrogens is 541 g/mol. The van der Waals surface area contributed by atoms with E-state index in [1.54, 1.807) is 37.6 Å². The van der Waals surface area contributed by atoms with Crippen LogP contribution in [0.5, 0.6) is 0 Å². The molecule has 1 aromatic carbocycles. The highest BCUT2D eigenvalue weighted by atomic mass is 32.2. The third kappa shape index (κ3) is 7.64. The number of hydrogen-bond acceptors (Lipinski definition) is 10. The van der Waals surface area contributed by atoms with Crippen LogP contribution in [0, 0.1) is 12.7 Å². The van der Waals surface area contributed by atoms with E-state index in [4.69, 9.17) is 4.74 Å². The topological polar surface area (TPSA) is 137 Å². The molecule has 2 aromatic rings. The number of aryl methyl sites for hydroxylation is 1. The zero-order chi connectivity index (χ0) is 29.2. The van der Waals surface area contributed by atoms with Gasteiger partial charge in [0, 0.05) is 51.1 Å². The van der Waals surface area contributed by atoms with Crippen LogP contribution in [0.1, 0.15) is 37.9 Å². The number of carbonyl (C=O) groups is 2. The summed E-state index contributed by atoms with van der Waals surface area (Å²) in [6.45, 7) is 10.4. The van der Waals surface area contributed by atoms with Crippen molar-refractivity contribution in [3.05, 3.63) is 41.1 Å². The summed E-state index contributed by atoms with van der Waals surface area (Å²) < 4.78 is 43.4. The van der Waals surface area contributed by atoms with Gasteiger partial charge in [0.2, 0.25) is 5.91 Å². The number of benzene rings is 1. The van der Waals surface area contributed by atoms with Crippen molar-refractivity contribution < 1.29 is 27.1 Å². The fourth-order valence-electron chi connectivity index (χ4n) is 4.59. The number of nitrogens with zero attached hydrogens (tertiary/aromatic N) is 5. The van der Waals surface area contributed by atoms with Gasteiger partial charge in [0.05, 0.1) is 22.8 Å². The van der Waals surface area contributed by atoms with Gasteiger partial charge in [0.25, 0.3) is 0 Å². The second-order valence-corrected chi connectivity index (χ2v) is 13.0. The normalized spacial score (nSPS) is 16.8. The molecule has 14 heteroatoms. The maximum atomic E-state index is 14.7. The number of piperazine rings is 1. The monoisotopic (exact) mass is 577 g/mol. The van der Waals surface area contributed by atoms with Gasteiger partial charge < -0.3 is 15.0 Å². The first kappa shape index (κ1) is 29.6. The lowest BCUT2D eigenvalue weighted by Crippen LogP contribution is -2.56. The predicted molar refractivity (Wildman–Crippen MR) is 146 cm³/mol. The minimum absolute atomic E-state index is 0.00229. The number of aromatic nitrogens is 2. The molecule has 3 heterocycles. The molecule has 2 N–H and O–H groups in total. The molecule has 40 heavy (non-hydrogen) atoms. The number of fused-ring (bicyclic) bond motifs is 1. The maximum Gasteiger partial charge on any atom is 0.422 e. The minimum atomic E-state index is -3.53. The summed E-state index contributed by atoms with van der Waals surface area (Å²) in [5, 5.41) is 4.75. The molecule has 2 amide bonds. The van der Waals surface area contributed by atoms with Crippen LogP contribution in [-0.4, -0.2) is 96.3 Å². The Labute approximate surface area is 233 Å². The van der Waals surface area contributed by atoms with E-state index < -0.39 is 27.3 Å². The second kappa shape index (κ2) is 11.6. The second-order valence-electron chi connectivity index (χ2n) is 11.0. The Bertz CT molecular complexity index is 1390. The smallest absolute Gasteiger partial charge is 0.422 e. The average Bonchev–Trinajstić information content (AvgIpc) is 2.83. The molecule has 0 atom stereocenters. The van der Waals surface area contributed by atoms with Gasteiger partial charge in [0.15, 0.2) is 9.84 Å². The Morgan fingerprint density at radius 1 is 1.10 bits per heavy atom. The van der Waals surface area contributed by atoms with Gasteiger partial charge in [-0.25, -0.2) is 32.6 Å². The van der Waals surface area contributed by atoms with Crippen molar-refractivity contribution in [3.63, 3.8) is 0 Å². The van der Waals surface area contributed by atoms with Crippen LogP contribution in [0.15, 0.2) is 23.1 Å². The Balaban J connectivity index is 1.35. The Morgan fingerprint density at radius 2 is 1.80 bits per heavy atom. The molecule has 2 aliphatic heterocycles. The number of rotatable bonds is 6. The number of hydrazine groups is 1. The zero-order valence-corrected chi connectivity index (χ0v) is 24.3. The highest BCUT2D eigenvalue weighted by Crippen LogP contribution is 2.28. The number of anilines is 2. The summed E-state index contributed by atoms with van der Waals surface area (Å²) in [7, 11) is -3.53. The van der Waals surface area contributed by atoms with Crippen molar-refractivity contribution in [1.82, 2.24) is 30.2 Å². The number of carbonyl (C=O) groups excluding carboxylic acids is 2. The molecule has 0 unspecified atom stereocenters. The molecule has 0 aliphatic carbocycles. The van der Waals surface area contributed by atoms with Gasteiger partial charge in [-0.2, -0.15) is 0 Å². The van der Waals surface area contributed by atoms with Crippen molar-refractivity contribution >= 4 is 33.3 Å². The first-order valence-electron chi connectivity index (χ1n) is 13.1. The summed E-state index contributed by atoms with van der Waals surface area (Å²) >= 11 is 0. The summed E-state index contributed by atoms with van der Waals surface area (Å²) in [6.07, 6.45) is 1.07. The van der Waals surface area contributed by atoms with Crippen LogP contribution in [-0.2, 0) is 32.3 Å². The van der Waals surface area contributed by atoms with E-state index >= 15 is 0 Å². The van der Waals surface area contributed by atoms with E-state index in [1.165, 1.54) is 12.1 Å². The molecule has 1 saturated heterocycles. The van der Waals surface area contributed by atoms with E-state index in [0.717, 1.165) is 23.6 Å². The van der Waals surface area contributed by atoms with E-state index in [2.05, 4.69) is 20.7 Å². The minimum Gasteiger partial charge on any atom is -0.443 e. The van der Waals surface area contributed by atoms with Crippen molar-refractivity contribution in [2.24, 2.45) is 0 Å².